The van der Waals surface area contributed by atoms with E-state index in [4.69, 9.17) is 5.73 Å². The Bertz CT molecular complexity index is 592. The van der Waals surface area contributed by atoms with Gasteiger partial charge in [0.2, 0.25) is 0 Å². The van der Waals surface area contributed by atoms with Gasteiger partial charge in [0.05, 0.1) is 5.39 Å². The molecule has 0 saturated carbocycles. The summed E-state index contributed by atoms with van der Waals surface area (Å²) in [5.74, 6) is -1.03. The number of rotatable bonds is 0. The van der Waals surface area contributed by atoms with Crippen LogP contribution < -0.4 is 5.73 Å². The van der Waals surface area contributed by atoms with Gasteiger partial charge in [0.25, 0.3) is 0 Å². The number of hydrogen-bond acceptors (Lipinski definition) is 2. The molecule has 1 aromatic carbocycles. The van der Waals surface area contributed by atoms with E-state index in [2.05, 4.69) is 4.98 Å². The standard InChI is InChI=1S/C12H12F2N2/c1-5-4-8(13)12-9(10(5)14)11(15)6(2)7(3)16-12/h4H,1-3H3,(H2,15,16). The van der Waals surface area contributed by atoms with Crippen molar-refractivity contribution in [3.63, 3.8) is 0 Å². The number of nitrogen functional groups attached to an aromatic ring is 1. The van der Waals surface area contributed by atoms with Crippen LogP contribution in [0.25, 0.3) is 10.9 Å². The first-order chi connectivity index (χ1) is 7.43. The van der Waals surface area contributed by atoms with E-state index in [-0.39, 0.29) is 22.2 Å². The lowest BCUT2D eigenvalue weighted by molar-refractivity contribution is 0.607. The Morgan fingerprint density at radius 2 is 1.81 bits per heavy atom. The minimum absolute atomic E-state index is 0.00343. The van der Waals surface area contributed by atoms with Gasteiger partial charge in [0, 0.05) is 11.4 Å². The number of aromatic nitrogens is 1. The molecule has 2 nitrogen and oxygen atoms in total. The Labute approximate surface area is 92.1 Å². The average molecular weight is 222 g/mol. The third-order valence-electron chi connectivity index (χ3n) is 2.87. The van der Waals surface area contributed by atoms with Crippen LogP contribution >= 0.6 is 0 Å². The summed E-state index contributed by atoms with van der Waals surface area (Å²) in [7, 11) is 0. The maximum absolute atomic E-state index is 13.9. The van der Waals surface area contributed by atoms with Crippen LogP contribution in [0.15, 0.2) is 6.07 Å². The number of benzene rings is 1. The number of nitrogens with two attached hydrogens (primary N) is 1. The second-order valence-electron chi connectivity index (χ2n) is 3.95. The van der Waals surface area contributed by atoms with Crippen molar-refractivity contribution in [2.75, 3.05) is 5.73 Å². The second kappa shape index (κ2) is 3.40. The Balaban J connectivity index is 3.07. The first kappa shape index (κ1) is 10.8. The summed E-state index contributed by atoms with van der Waals surface area (Å²) in [6.07, 6.45) is 0. The van der Waals surface area contributed by atoms with Gasteiger partial charge in [-0.2, -0.15) is 0 Å². The fraction of sp³-hybridized carbons (Fsp3) is 0.250. The molecule has 0 aliphatic heterocycles. The van der Waals surface area contributed by atoms with E-state index >= 15 is 0 Å². The summed E-state index contributed by atoms with van der Waals surface area (Å²) in [5, 5.41) is 0.0839. The van der Waals surface area contributed by atoms with Gasteiger partial charge in [-0.3, -0.25) is 0 Å². The minimum atomic E-state index is -0.538. The Morgan fingerprint density at radius 3 is 2.44 bits per heavy atom. The van der Waals surface area contributed by atoms with Crippen LogP contribution in [0.4, 0.5) is 14.5 Å². The third kappa shape index (κ3) is 1.33. The lowest BCUT2D eigenvalue weighted by Crippen LogP contribution is -2.02. The summed E-state index contributed by atoms with van der Waals surface area (Å²) in [5.41, 5.74) is 7.63. The summed E-state index contributed by atoms with van der Waals surface area (Å²) in [4.78, 5) is 4.04. The van der Waals surface area contributed by atoms with Crippen molar-refractivity contribution in [3.8, 4) is 0 Å². The van der Waals surface area contributed by atoms with Crippen molar-refractivity contribution < 1.29 is 8.78 Å². The number of hydrogen-bond donors (Lipinski definition) is 1. The largest absolute Gasteiger partial charge is 0.398 e. The SMILES string of the molecule is Cc1cc(F)c2nc(C)c(C)c(N)c2c1F. The number of pyridine rings is 1. The second-order valence-corrected chi connectivity index (χ2v) is 3.95. The number of fused-ring (bicyclic) bond motifs is 1. The predicted molar refractivity (Wildman–Crippen MR) is 60.3 cm³/mol. The van der Waals surface area contributed by atoms with E-state index in [0.29, 0.717) is 11.3 Å². The highest BCUT2D eigenvalue weighted by molar-refractivity contribution is 5.93. The predicted octanol–water partition coefficient (Wildman–Crippen LogP) is 3.02. The zero-order chi connectivity index (χ0) is 12.0. The fourth-order valence-corrected chi connectivity index (χ4v) is 1.73. The molecule has 0 saturated heterocycles. The zero-order valence-corrected chi connectivity index (χ0v) is 9.36. The van der Waals surface area contributed by atoms with Crippen molar-refractivity contribution in [1.29, 1.82) is 0 Å². The van der Waals surface area contributed by atoms with E-state index in [1.807, 2.05) is 0 Å². The lowest BCUT2D eigenvalue weighted by atomic mass is 10.0. The maximum atomic E-state index is 13.9. The summed E-state index contributed by atoms with van der Waals surface area (Å²) >= 11 is 0. The average Bonchev–Trinajstić information content (AvgIpc) is 2.22. The van der Waals surface area contributed by atoms with Gasteiger partial charge in [0.1, 0.15) is 17.2 Å². The normalized spacial score (nSPS) is 11.1. The Kier molecular flexibility index (Phi) is 2.30. The number of anilines is 1. The van der Waals surface area contributed by atoms with Gasteiger partial charge >= 0.3 is 0 Å². The monoisotopic (exact) mass is 222 g/mol. The summed E-state index contributed by atoms with van der Waals surface area (Å²) < 4.78 is 27.5. The molecule has 0 aliphatic carbocycles. The van der Waals surface area contributed by atoms with Gasteiger partial charge in [-0.25, -0.2) is 13.8 Å². The molecule has 2 rings (SSSR count). The lowest BCUT2D eigenvalue weighted by Gasteiger charge is -2.11. The first-order valence-corrected chi connectivity index (χ1v) is 4.94. The molecule has 0 amide bonds. The highest BCUT2D eigenvalue weighted by Crippen LogP contribution is 2.30. The van der Waals surface area contributed by atoms with E-state index in [1.165, 1.54) is 6.92 Å². The molecule has 0 aliphatic rings. The zero-order valence-electron chi connectivity index (χ0n) is 9.36. The molecule has 1 aromatic heterocycles. The molecule has 0 unspecified atom stereocenters. The van der Waals surface area contributed by atoms with E-state index in [0.717, 1.165) is 6.07 Å². The molecule has 0 spiro atoms. The van der Waals surface area contributed by atoms with E-state index in [9.17, 15) is 8.78 Å². The summed E-state index contributed by atoms with van der Waals surface area (Å²) in [6.45, 7) is 4.98. The molecule has 2 N–H and O–H groups in total. The molecule has 0 atom stereocenters. The molecule has 16 heavy (non-hydrogen) atoms. The van der Waals surface area contributed by atoms with Crippen LogP contribution in [0.5, 0.6) is 0 Å². The van der Waals surface area contributed by atoms with Crippen molar-refractivity contribution in [2.45, 2.75) is 20.8 Å². The van der Waals surface area contributed by atoms with Crippen molar-refractivity contribution in [1.82, 2.24) is 4.98 Å². The van der Waals surface area contributed by atoms with Crippen LogP contribution in [-0.4, -0.2) is 4.98 Å². The molecule has 1 heterocycles. The van der Waals surface area contributed by atoms with E-state index in [1.54, 1.807) is 13.8 Å². The number of halogens is 2. The maximum Gasteiger partial charge on any atom is 0.149 e. The van der Waals surface area contributed by atoms with E-state index < -0.39 is 11.6 Å². The van der Waals surface area contributed by atoms with Crippen LogP contribution in [0.1, 0.15) is 16.8 Å². The van der Waals surface area contributed by atoms with Crippen LogP contribution in [0.3, 0.4) is 0 Å². The molecule has 84 valence electrons. The van der Waals surface area contributed by atoms with Gasteiger partial charge in [-0.15, -0.1) is 0 Å². The van der Waals surface area contributed by atoms with Gasteiger partial charge in [-0.05, 0) is 38.0 Å². The Hall–Kier alpha value is -1.71. The Morgan fingerprint density at radius 1 is 1.19 bits per heavy atom. The molecule has 0 bridgehead atoms. The van der Waals surface area contributed by atoms with Crippen LogP contribution in [-0.2, 0) is 0 Å². The van der Waals surface area contributed by atoms with Crippen molar-refractivity contribution in [3.05, 3.63) is 34.5 Å². The summed E-state index contributed by atoms with van der Waals surface area (Å²) in [6, 6.07) is 1.14. The highest BCUT2D eigenvalue weighted by Gasteiger charge is 2.16. The molecular formula is C12H12F2N2. The third-order valence-corrected chi connectivity index (χ3v) is 2.87. The van der Waals surface area contributed by atoms with Crippen LogP contribution in [0, 0.1) is 32.4 Å². The minimum Gasteiger partial charge on any atom is -0.398 e. The number of aryl methyl sites for hydroxylation is 2. The quantitative estimate of drug-likeness (QED) is 0.744. The van der Waals surface area contributed by atoms with Crippen molar-refractivity contribution >= 4 is 16.6 Å². The fourth-order valence-electron chi connectivity index (χ4n) is 1.73. The molecular weight excluding hydrogens is 210 g/mol. The van der Waals surface area contributed by atoms with Gasteiger partial charge < -0.3 is 5.73 Å². The smallest absolute Gasteiger partial charge is 0.149 e. The first-order valence-electron chi connectivity index (χ1n) is 4.94. The molecule has 2 aromatic rings. The highest BCUT2D eigenvalue weighted by atomic mass is 19.1. The molecule has 0 fully saturated rings. The topological polar surface area (TPSA) is 38.9 Å². The van der Waals surface area contributed by atoms with Crippen molar-refractivity contribution in [2.24, 2.45) is 0 Å². The van der Waals surface area contributed by atoms with Gasteiger partial charge in [0.15, 0.2) is 0 Å². The van der Waals surface area contributed by atoms with Crippen LogP contribution in [0.2, 0.25) is 0 Å². The molecule has 0 radical (unpaired) electrons. The number of nitrogens with zero attached hydrogens (tertiary/aromatic N) is 1. The molecule has 4 heteroatoms. The van der Waals surface area contributed by atoms with Gasteiger partial charge in [-0.1, -0.05) is 0 Å².